The molecule has 0 spiro atoms. The summed E-state index contributed by atoms with van der Waals surface area (Å²) in [6.07, 6.45) is 6.54. The highest BCUT2D eigenvalue weighted by atomic mass is 16.5. The Morgan fingerprint density at radius 1 is 1.11 bits per heavy atom. The van der Waals surface area contributed by atoms with Crippen molar-refractivity contribution < 1.29 is 14.2 Å². The molecule has 0 aromatic carbocycles. The van der Waals surface area contributed by atoms with Gasteiger partial charge in [-0.3, -0.25) is 0 Å². The maximum Gasteiger partial charge on any atom is 0.0704 e. The number of nitrogens with one attached hydrogen (secondary N) is 1. The molecule has 4 heteroatoms. The molecule has 1 rings (SSSR count). The maximum atomic E-state index is 5.87. The molecule has 1 N–H and O–H groups in total. The van der Waals surface area contributed by atoms with Crippen LogP contribution in [0, 0.1) is 0 Å². The molecule has 4 nitrogen and oxygen atoms in total. The average Bonchev–Trinajstić information content (AvgIpc) is 2.41. The van der Waals surface area contributed by atoms with E-state index in [2.05, 4.69) is 12.2 Å². The van der Waals surface area contributed by atoms with Crippen molar-refractivity contribution in [3.63, 3.8) is 0 Å². The summed E-state index contributed by atoms with van der Waals surface area (Å²) in [4.78, 5) is 0. The normalized spacial score (nSPS) is 24.3. The SMILES string of the molecule is CCCNC1CCCC(OCCOCCOC)C1. The first kappa shape index (κ1) is 15.9. The molecule has 0 bridgehead atoms. The van der Waals surface area contributed by atoms with Crippen LogP contribution >= 0.6 is 0 Å². The van der Waals surface area contributed by atoms with E-state index in [-0.39, 0.29) is 0 Å². The minimum atomic E-state index is 0.416. The van der Waals surface area contributed by atoms with Crippen molar-refractivity contribution in [3.8, 4) is 0 Å². The second-order valence-corrected chi connectivity index (χ2v) is 4.92. The Morgan fingerprint density at radius 2 is 1.94 bits per heavy atom. The van der Waals surface area contributed by atoms with Crippen molar-refractivity contribution >= 4 is 0 Å². The summed E-state index contributed by atoms with van der Waals surface area (Å²) in [5.74, 6) is 0. The third-order valence-electron chi connectivity index (χ3n) is 3.32. The molecule has 108 valence electrons. The van der Waals surface area contributed by atoms with E-state index < -0.39 is 0 Å². The van der Waals surface area contributed by atoms with E-state index in [1.165, 1.54) is 25.7 Å². The fraction of sp³-hybridized carbons (Fsp3) is 1.00. The van der Waals surface area contributed by atoms with Gasteiger partial charge < -0.3 is 19.5 Å². The number of methoxy groups -OCH3 is 1. The molecular weight excluding hydrogens is 230 g/mol. The minimum Gasteiger partial charge on any atom is -0.382 e. The van der Waals surface area contributed by atoms with Gasteiger partial charge in [0.1, 0.15) is 0 Å². The maximum absolute atomic E-state index is 5.87. The average molecular weight is 259 g/mol. The lowest BCUT2D eigenvalue weighted by Crippen LogP contribution is -2.37. The molecular formula is C14H29NO3. The van der Waals surface area contributed by atoms with Crippen molar-refractivity contribution in [2.24, 2.45) is 0 Å². The van der Waals surface area contributed by atoms with Crippen LogP contribution < -0.4 is 5.32 Å². The molecule has 0 aliphatic heterocycles. The van der Waals surface area contributed by atoms with Crippen LogP contribution in [0.3, 0.4) is 0 Å². The van der Waals surface area contributed by atoms with Gasteiger partial charge in [-0.15, -0.1) is 0 Å². The molecule has 1 aliphatic carbocycles. The summed E-state index contributed by atoms with van der Waals surface area (Å²) in [7, 11) is 1.69. The first-order chi connectivity index (χ1) is 8.86. The Morgan fingerprint density at radius 3 is 2.72 bits per heavy atom. The van der Waals surface area contributed by atoms with E-state index in [1.54, 1.807) is 7.11 Å². The topological polar surface area (TPSA) is 39.7 Å². The van der Waals surface area contributed by atoms with Crippen molar-refractivity contribution in [1.82, 2.24) is 5.32 Å². The van der Waals surface area contributed by atoms with Gasteiger partial charge in [-0.2, -0.15) is 0 Å². The molecule has 2 atom stereocenters. The lowest BCUT2D eigenvalue weighted by molar-refractivity contribution is -0.0227. The summed E-state index contributed by atoms with van der Waals surface area (Å²) in [5, 5.41) is 3.59. The van der Waals surface area contributed by atoms with E-state index >= 15 is 0 Å². The van der Waals surface area contributed by atoms with Crippen molar-refractivity contribution in [2.75, 3.05) is 40.1 Å². The summed E-state index contributed by atoms with van der Waals surface area (Å²) in [6, 6.07) is 0.651. The summed E-state index contributed by atoms with van der Waals surface area (Å²) >= 11 is 0. The van der Waals surface area contributed by atoms with Crippen LogP contribution in [0.4, 0.5) is 0 Å². The predicted molar refractivity (Wildman–Crippen MR) is 73.0 cm³/mol. The third-order valence-corrected chi connectivity index (χ3v) is 3.32. The smallest absolute Gasteiger partial charge is 0.0704 e. The van der Waals surface area contributed by atoms with E-state index in [0.29, 0.717) is 38.6 Å². The second kappa shape index (κ2) is 10.7. The molecule has 1 aliphatic rings. The predicted octanol–water partition coefficient (Wildman–Crippen LogP) is 1.98. The third kappa shape index (κ3) is 7.31. The van der Waals surface area contributed by atoms with E-state index in [1.807, 2.05) is 0 Å². The van der Waals surface area contributed by atoms with E-state index in [0.717, 1.165) is 13.0 Å². The van der Waals surface area contributed by atoms with Crippen LogP contribution in [0.25, 0.3) is 0 Å². The first-order valence-corrected chi connectivity index (χ1v) is 7.28. The van der Waals surface area contributed by atoms with Gasteiger partial charge in [0.2, 0.25) is 0 Å². The molecule has 0 saturated heterocycles. The van der Waals surface area contributed by atoms with Crippen LogP contribution in [0.1, 0.15) is 39.0 Å². The van der Waals surface area contributed by atoms with Crippen molar-refractivity contribution in [3.05, 3.63) is 0 Å². The highest BCUT2D eigenvalue weighted by Crippen LogP contribution is 2.21. The Bertz CT molecular complexity index is 190. The van der Waals surface area contributed by atoms with Crippen LogP contribution in [-0.2, 0) is 14.2 Å². The number of rotatable bonds is 10. The van der Waals surface area contributed by atoms with E-state index in [4.69, 9.17) is 14.2 Å². The zero-order valence-electron chi connectivity index (χ0n) is 12.0. The van der Waals surface area contributed by atoms with Gasteiger partial charge in [-0.05, 0) is 38.6 Å². The fourth-order valence-corrected chi connectivity index (χ4v) is 2.35. The van der Waals surface area contributed by atoms with Gasteiger partial charge in [0.05, 0.1) is 32.5 Å². The number of hydrogen-bond donors (Lipinski definition) is 1. The molecule has 0 aromatic heterocycles. The molecule has 0 radical (unpaired) electrons. The summed E-state index contributed by atoms with van der Waals surface area (Å²) in [5.41, 5.74) is 0. The minimum absolute atomic E-state index is 0.416. The van der Waals surface area contributed by atoms with Gasteiger partial charge in [0, 0.05) is 13.2 Å². The lowest BCUT2D eigenvalue weighted by Gasteiger charge is -2.29. The molecule has 1 saturated carbocycles. The van der Waals surface area contributed by atoms with Gasteiger partial charge >= 0.3 is 0 Å². The Balaban J connectivity index is 2.00. The molecule has 2 unspecified atom stereocenters. The summed E-state index contributed by atoms with van der Waals surface area (Å²) in [6.45, 7) is 6.03. The van der Waals surface area contributed by atoms with Gasteiger partial charge in [0.15, 0.2) is 0 Å². The van der Waals surface area contributed by atoms with Crippen LogP contribution in [0.2, 0.25) is 0 Å². The lowest BCUT2D eigenvalue weighted by atomic mass is 9.93. The number of hydrogen-bond acceptors (Lipinski definition) is 4. The van der Waals surface area contributed by atoms with Gasteiger partial charge in [-0.1, -0.05) is 6.92 Å². The molecule has 1 fully saturated rings. The van der Waals surface area contributed by atoms with E-state index in [9.17, 15) is 0 Å². The number of ether oxygens (including phenoxy) is 3. The zero-order valence-corrected chi connectivity index (χ0v) is 12.0. The molecule has 18 heavy (non-hydrogen) atoms. The van der Waals surface area contributed by atoms with Crippen LogP contribution in [0.15, 0.2) is 0 Å². The van der Waals surface area contributed by atoms with Gasteiger partial charge in [-0.25, -0.2) is 0 Å². The molecule has 0 amide bonds. The Labute approximate surface area is 111 Å². The first-order valence-electron chi connectivity index (χ1n) is 7.28. The molecule has 0 aromatic rings. The highest BCUT2D eigenvalue weighted by Gasteiger charge is 2.21. The monoisotopic (exact) mass is 259 g/mol. The zero-order chi connectivity index (χ0) is 13.1. The highest BCUT2D eigenvalue weighted by molar-refractivity contribution is 4.78. The quantitative estimate of drug-likeness (QED) is 0.609. The standard InChI is InChI=1S/C14H29NO3/c1-3-7-15-13-5-4-6-14(12-13)18-11-10-17-9-8-16-2/h13-15H,3-12H2,1-2H3. The fourth-order valence-electron chi connectivity index (χ4n) is 2.35. The largest absolute Gasteiger partial charge is 0.382 e. The van der Waals surface area contributed by atoms with Gasteiger partial charge in [0.25, 0.3) is 0 Å². The Hall–Kier alpha value is -0.160. The van der Waals surface area contributed by atoms with Crippen LogP contribution in [-0.4, -0.2) is 52.2 Å². The second-order valence-electron chi connectivity index (χ2n) is 4.92. The summed E-state index contributed by atoms with van der Waals surface area (Å²) < 4.78 is 16.2. The van der Waals surface area contributed by atoms with Crippen LogP contribution in [0.5, 0.6) is 0 Å². The van der Waals surface area contributed by atoms with Crippen molar-refractivity contribution in [2.45, 2.75) is 51.2 Å². The Kier molecular flexibility index (Phi) is 9.48. The van der Waals surface area contributed by atoms with Crippen molar-refractivity contribution in [1.29, 1.82) is 0 Å². The molecule has 0 heterocycles.